The molecule has 0 radical (unpaired) electrons. The summed E-state index contributed by atoms with van der Waals surface area (Å²) in [6, 6.07) is 6.06. The molecule has 14 heavy (non-hydrogen) atoms. The van der Waals surface area contributed by atoms with E-state index in [1.807, 2.05) is 25.2 Å². The van der Waals surface area contributed by atoms with Crippen LogP contribution in [0.5, 0.6) is 5.75 Å². The number of benzene rings is 1. The fraction of sp³-hybridized carbons (Fsp3) is 0.455. The molecule has 0 amide bonds. The highest BCUT2D eigenvalue weighted by Gasteiger charge is 2.12. The van der Waals surface area contributed by atoms with E-state index in [-0.39, 0.29) is 0 Å². The molecule has 78 valence electrons. The van der Waals surface area contributed by atoms with Gasteiger partial charge in [0.05, 0.1) is 7.11 Å². The van der Waals surface area contributed by atoms with Gasteiger partial charge in [-0.3, -0.25) is 0 Å². The molecule has 1 aromatic carbocycles. The third-order valence-electron chi connectivity index (χ3n) is 2.33. The Morgan fingerprint density at radius 2 is 2.21 bits per heavy atom. The molecule has 0 fully saturated rings. The molecule has 0 saturated heterocycles. The molecular formula is C11H16ClNO. The summed E-state index contributed by atoms with van der Waals surface area (Å²) in [6.07, 6.45) is 1.02. The predicted molar refractivity (Wildman–Crippen MR) is 60.1 cm³/mol. The Labute approximate surface area is 90.2 Å². The van der Waals surface area contributed by atoms with Gasteiger partial charge in [-0.05, 0) is 25.6 Å². The molecule has 0 heterocycles. The molecule has 0 saturated carbocycles. The predicted octanol–water partition coefficient (Wildman–Crippen LogP) is 3.02. The summed E-state index contributed by atoms with van der Waals surface area (Å²) < 4.78 is 5.29. The van der Waals surface area contributed by atoms with Gasteiger partial charge in [0.1, 0.15) is 5.75 Å². The lowest BCUT2D eigenvalue weighted by molar-refractivity contribution is 0.400. The largest absolute Gasteiger partial charge is 0.496 e. The van der Waals surface area contributed by atoms with Crippen LogP contribution in [0.3, 0.4) is 0 Å². The van der Waals surface area contributed by atoms with Gasteiger partial charge in [0.25, 0.3) is 0 Å². The topological polar surface area (TPSA) is 21.3 Å². The van der Waals surface area contributed by atoms with Gasteiger partial charge >= 0.3 is 0 Å². The summed E-state index contributed by atoms with van der Waals surface area (Å²) in [7, 11) is 3.61. The molecule has 1 rings (SSSR count). The highest BCUT2D eigenvalue weighted by atomic mass is 35.5. The monoisotopic (exact) mass is 213 g/mol. The van der Waals surface area contributed by atoms with Gasteiger partial charge in [0, 0.05) is 16.6 Å². The first-order chi connectivity index (χ1) is 6.72. The Hall–Kier alpha value is -0.730. The first-order valence-corrected chi connectivity index (χ1v) is 5.11. The van der Waals surface area contributed by atoms with Crippen molar-refractivity contribution in [1.29, 1.82) is 0 Å². The van der Waals surface area contributed by atoms with E-state index in [0.717, 1.165) is 17.7 Å². The normalized spacial score (nSPS) is 12.6. The lowest BCUT2D eigenvalue weighted by Crippen LogP contribution is -2.16. The van der Waals surface area contributed by atoms with Crippen LogP contribution in [0.25, 0.3) is 0 Å². The molecule has 0 spiro atoms. The molecule has 0 aliphatic rings. The summed E-state index contributed by atoms with van der Waals surface area (Å²) in [5.74, 6) is 0.846. The SMILES string of the molecule is CCC(NC)c1ccc(Cl)cc1OC. The molecule has 3 heteroatoms. The molecule has 0 bridgehead atoms. The van der Waals surface area contributed by atoms with Crippen molar-refractivity contribution in [1.82, 2.24) is 5.32 Å². The molecular weight excluding hydrogens is 198 g/mol. The maximum atomic E-state index is 5.89. The van der Waals surface area contributed by atoms with Crippen LogP contribution >= 0.6 is 11.6 Å². The molecule has 1 unspecified atom stereocenters. The number of methoxy groups -OCH3 is 1. The minimum atomic E-state index is 0.321. The van der Waals surface area contributed by atoms with Crippen molar-refractivity contribution in [2.24, 2.45) is 0 Å². The maximum Gasteiger partial charge on any atom is 0.125 e. The van der Waals surface area contributed by atoms with Gasteiger partial charge in [0.15, 0.2) is 0 Å². The van der Waals surface area contributed by atoms with Gasteiger partial charge in [-0.1, -0.05) is 24.6 Å². The van der Waals surface area contributed by atoms with E-state index in [0.29, 0.717) is 11.1 Å². The number of nitrogens with one attached hydrogen (secondary N) is 1. The van der Waals surface area contributed by atoms with Crippen LogP contribution in [0, 0.1) is 0 Å². The Bertz CT molecular complexity index is 297. The molecule has 1 N–H and O–H groups in total. The van der Waals surface area contributed by atoms with Crippen LogP contribution in [0.1, 0.15) is 24.9 Å². The van der Waals surface area contributed by atoms with Crippen molar-refractivity contribution in [3.05, 3.63) is 28.8 Å². The van der Waals surface area contributed by atoms with Gasteiger partial charge in [-0.2, -0.15) is 0 Å². The molecule has 0 aliphatic carbocycles. The van der Waals surface area contributed by atoms with E-state index in [9.17, 15) is 0 Å². The van der Waals surface area contributed by atoms with E-state index < -0.39 is 0 Å². The molecule has 1 aromatic rings. The zero-order chi connectivity index (χ0) is 10.6. The second kappa shape index (κ2) is 5.23. The van der Waals surface area contributed by atoms with E-state index in [2.05, 4.69) is 12.2 Å². The lowest BCUT2D eigenvalue weighted by Gasteiger charge is -2.17. The Morgan fingerprint density at radius 1 is 1.50 bits per heavy atom. The minimum Gasteiger partial charge on any atom is -0.496 e. The number of hydrogen-bond acceptors (Lipinski definition) is 2. The molecule has 0 aromatic heterocycles. The van der Waals surface area contributed by atoms with Crippen molar-refractivity contribution in [3.63, 3.8) is 0 Å². The fourth-order valence-corrected chi connectivity index (χ4v) is 1.71. The number of rotatable bonds is 4. The average Bonchev–Trinajstić information content (AvgIpc) is 2.21. The number of hydrogen-bond donors (Lipinski definition) is 1. The lowest BCUT2D eigenvalue weighted by atomic mass is 10.0. The third-order valence-corrected chi connectivity index (χ3v) is 2.56. The van der Waals surface area contributed by atoms with Crippen LogP contribution in [0.15, 0.2) is 18.2 Å². The summed E-state index contributed by atoms with van der Waals surface area (Å²) in [5.41, 5.74) is 1.15. The van der Waals surface area contributed by atoms with E-state index in [1.54, 1.807) is 7.11 Å². The highest BCUT2D eigenvalue weighted by molar-refractivity contribution is 6.30. The van der Waals surface area contributed by atoms with Crippen LogP contribution in [0.2, 0.25) is 5.02 Å². The van der Waals surface area contributed by atoms with Crippen LogP contribution in [-0.4, -0.2) is 14.2 Å². The van der Waals surface area contributed by atoms with E-state index in [4.69, 9.17) is 16.3 Å². The quantitative estimate of drug-likeness (QED) is 0.830. The zero-order valence-corrected chi connectivity index (χ0v) is 9.56. The van der Waals surface area contributed by atoms with Crippen molar-refractivity contribution in [2.75, 3.05) is 14.2 Å². The zero-order valence-electron chi connectivity index (χ0n) is 8.80. The van der Waals surface area contributed by atoms with E-state index in [1.165, 1.54) is 0 Å². The summed E-state index contributed by atoms with van der Waals surface area (Å²) in [4.78, 5) is 0. The van der Waals surface area contributed by atoms with Crippen LogP contribution in [-0.2, 0) is 0 Å². The van der Waals surface area contributed by atoms with Crippen molar-refractivity contribution in [2.45, 2.75) is 19.4 Å². The molecule has 1 atom stereocenters. The van der Waals surface area contributed by atoms with Gasteiger partial charge in [-0.25, -0.2) is 0 Å². The number of ether oxygens (including phenoxy) is 1. The first kappa shape index (κ1) is 11.3. The Morgan fingerprint density at radius 3 is 2.71 bits per heavy atom. The highest BCUT2D eigenvalue weighted by Crippen LogP contribution is 2.29. The standard InChI is InChI=1S/C11H16ClNO/c1-4-10(13-2)9-6-5-8(12)7-11(9)14-3/h5-7,10,13H,4H2,1-3H3. The van der Waals surface area contributed by atoms with E-state index >= 15 is 0 Å². The van der Waals surface area contributed by atoms with Crippen molar-refractivity contribution < 1.29 is 4.74 Å². The van der Waals surface area contributed by atoms with Crippen LogP contribution in [0.4, 0.5) is 0 Å². The Balaban J connectivity index is 3.06. The van der Waals surface area contributed by atoms with Gasteiger partial charge < -0.3 is 10.1 Å². The van der Waals surface area contributed by atoms with Crippen molar-refractivity contribution >= 4 is 11.6 Å². The van der Waals surface area contributed by atoms with Crippen LogP contribution < -0.4 is 10.1 Å². The maximum absolute atomic E-state index is 5.89. The minimum absolute atomic E-state index is 0.321. The van der Waals surface area contributed by atoms with Gasteiger partial charge in [0.2, 0.25) is 0 Å². The van der Waals surface area contributed by atoms with Crippen molar-refractivity contribution in [3.8, 4) is 5.75 Å². The fourth-order valence-electron chi connectivity index (χ4n) is 1.55. The molecule has 0 aliphatic heterocycles. The summed E-state index contributed by atoms with van der Waals surface area (Å²) >= 11 is 5.89. The smallest absolute Gasteiger partial charge is 0.125 e. The second-order valence-electron chi connectivity index (χ2n) is 3.14. The van der Waals surface area contributed by atoms with Gasteiger partial charge in [-0.15, -0.1) is 0 Å². The first-order valence-electron chi connectivity index (χ1n) is 4.73. The average molecular weight is 214 g/mol. The summed E-state index contributed by atoms with van der Waals surface area (Å²) in [6.45, 7) is 2.13. The second-order valence-corrected chi connectivity index (χ2v) is 3.57. The third kappa shape index (κ3) is 2.40. The number of halogens is 1. The molecule has 2 nitrogen and oxygen atoms in total. The summed E-state index contributed by atoms with van der Waals surface area (Å²) in [5, 5.41) is 3.94. The Kier molecular flexibility index (Phi) is 4.23.